The van der Waals surface area contributed by atoms with Crippen molar-refractivity contribution in [3.8, 4) is 0 Å². The van der Waals surface area contributed by atoms with Crippen molar-refractivity contribution in [2.24, 2.45) is 5.92 Å². The molecule has 4 nitrogen and oxygen atoms in total. The molecule has 2 rings (SSSR count). The normalized spacial score (nSPS) is 18.3. The van der Waals surface area contributed by atoms with Crippen molar-refractivity contribution in [3.05, 3.63) is 16.5 Å². The maximum Gasteiger partial charge on any atom is 0.250 e. The Morgan fingerprint density at radius 3 is 2.68 bits per heavy atom. The molecule has 1 fully saturated rings. The van der Waals surface area contributed by atoms with Gasteiger partial charge in [-0.1, -0.05) is 6.42 Å². The lowest BCUT2D eigenvalue weighted by atomic mass is 9.81. The first-order chi connectivity index (χ1) is 8.94. The molecule has 1 aromatic heterocycles. The Labute approximate surface area is 119 Å². The van der Waals surface area contributed by atoms with Gasteiger partial charge < -0.3 is 5.32 Å². The smallest absolute Gasteiger partial charge is 0.250 e. The standard InChI is InChI=1S/C13H22N2O2S2/c1-9-7-13(18-12(9)8-14-3)19(16,17)15-10(2)11-5-4-6-11/h7,10-11,14-15H,4-6,8H2,1-3H3. The van der Waals surface area contributed by atoms with Crippen LogP contribution in [0.5, 0.6) is 0 Å². The molecule has 1 aromatic rings. The minimum absolute atomic E-state index is 0.0360. The molecular weight excluding hydrogens is 280 g/mol. The van der Waals surface area contributed by atoms with E-state index < -0.39 is 10.0 Å². The predicted octanol–water partition coefficient (Wildman–Crippen LogP) is 2.24. The Kier molecular flexibility index (Phi) is 4.66. The molecule has 1 atom stereocenters. The fraction of sp³-hybridized carbons (Fsp3) is 0.692. The summed E-state index contributed by atoms with van der Waals surface area (Å²) < 4.78 is 27.9. The van der Waals surface area contributed by atoms with Gasteiger partial charge in [-0.05, 0) is 51.3 Å². The lowest BCUT2D eigenvalue weighted by molar-refractivity contribution is 0.260. The molecule has 0 aliphatic heterocycles. The number of nitrogens with one attached hydrogen (secondary N) is 2. The molecule has 0 saturated heterocycles. The Hall–Kier alpha value is -0.430. The second kappa shape index (κ2) is 5.91. The third kappa shape index (κ3) is 3.37. The first-order valence-corrected chi connectivity index (χ1v) is 9.00. The zero-order valence-electron chi connectivity index (χ0n) is 11.7. The first-order valence-electron chi connectivity index (χ1n) is 6.70. The van der Waals surface area contributed by atoms with Crippen LogP contribution in [0.25, 0.3) is 0 Å². The highest BCUT2D eigenvalue weighted by Gasteiger charge is 2.28. The Morgan fingerprint density at radius 2 is 2.16 bits per heavy atom. The summed E-state index contributed by atoms with van der Waals surface area (Å²) in [5, 5.41) is 3.06. The summed E-state index contributed by atoms with van der Waals surface area (Å²) in [7, 11) is -1.49. The molecule has 108 valence electrons. The van der Waals surface area contributed by atoms with E-state index in [2.05, 4.69) is 10.0 Å². The van der Waals surface area contributed by atoms with Crippen molar-refractivity contribution in [3.63, 3.8) is 0 Å². The molecule has 1 aliphatic rings. The van der Waals surface area contributed by atoms with Gasteiger partial charge in [0.15, 0.2) is 0 Å². The van der Waals surface area contributed by atoms with Crippen molar-refractivity contribution in [1.82, 2.24) is 10.0 Å². The monoisotopic (exact) mass is 302 g/mol. The van der Waals surface area contributed by atoms with E-state index in [0.29, 0.717) is 16.7 Å². The summed E-state index contributed by atoms with van der Waals surface area (Å²) in [4.78, 5) is 1.08. The van der Waals surface area contributed by atoms with E-state index in [-0.39, 0.29) is 6.04 Å². The molecule has 0 aromatic carbocycles. The van der Waals surface area contributed by atoms with Crippen LogP contribution >= 0.6 is 11.3 Å². The second-order valence-corrected chi connectivity index (χ2v) is 8.38. The van der Waals surface area contributed by atoms with Crippen LogP contribution < -0.4 is 10.0 Å². The highest BCUT2D eigenvalue weighted by atomic mass is 32.2. The highest BCUT2D eigenvalue weighted by molar-refractivity contribution is 7.91. The summed E-state index contributed by atoms with van der Waals surface area (Å²) in [5.74, 6) is 0.507. The van der Waals surface area contributed by atoms with Gasteiger partial charge in [0, 0.05) is 17.5 Å². The predicted molar refractivity (Wildman–Crippen MR) is 78.9 cm³/mol. The van der Waals surface area contributed by atoms with Crippen molar-refractivity contribution >= 4 is 21.4 Å². The van der Waals surface area contributed by atoms with Gasteiger partial charge in [0.25, 0.3) is 0 Å². The van der Waals surface area contributed by atoms with Gasteiger partial charge >= 0.3 is 0 Å². The van der Waals surface area contributed by atoms with Crippen LogP contribution in [-0.4, -0.2) is 21.5 Å². The number of sulfonamides is 1. The molecule has 6 heteroatoms. The number of hydrogen-bond acceptors (Lipinski definition) is 4. The van der Waals surface area contributed by atoms with Gasteiger partial charge in [0.05, 0.1) is 0 Å². The van der Waals surface area contributed by atoms with E-state index in [4.69, 9.17) is 0 Å². The van der Waals surface area contributed by atoms with E-state index >= 15 is 0 Å². The quantitative estimate of drug-likeness (QED) is 0.847. The first kappa shape index (κ1) is 15.0. The van der Waals surface area contributed by atoms with Crippen LogP contribution in [0.2, 0.25) is 0 Å². The average Bonchev–Trinajstić information content (AvgIpc) is 2.58. The summed E-state index contributed by atoms with van der Waals surface area (Å²) >= 11 is 1.36. The van der Waals surface area contributed by atoms with E-state index in [1.54, 1.807) is 6.07 Å². The zero-order chi connectivity index (χ0) is 14.0. The molecule has 0 spiro atoms. The maximum atomic E-state index is 12.3. The van der Waals surface area contributed by atoms with Crippen LogP contribution in [0.4, 0.5) is 0 Å². The fourth-order valence-electron chi connectivity index (χ4n) is 2.30. The number of thiophene rings is 1. The molecule has 2 N–H and O–H groups in total. The topological polar surface area (TPSA) is 58.2 Å². The van der Waals surface area contributed by atoms with Gasteiger partial charge in [0.1, 0.15) is 4.21 Å². The molecular formula is C13H22N2O2S2. The zero-order valence-corrected chi connectivity index (χ0v) is 13.3. The summed E-state index contributed by atoms with van der Waals surface area (Å²) in [6.07, 6.45) is 3.50. The van der Waals surface area contributed by atoms with Gasteiger partial charge in [0.2, 0.25) is 10.0 Å². The van der Waals surface area contributed by atoms with Crippen LogP contribution in [0.15, 0.2) is 10.3 Å². The lowest BCUT2D eigenvalue weighted by Crippen LogP contribution is -2.40. The Balaban J connectivity index is 2.12. The highest BCUT2D eigenvalue weighted by Crippen LogP contribution is 2.31. The van der Waals surface area contributed by atoms with Gasteiger partial charge in [-0.2, -0.15) is 0 Å². The van der Waals surface area contributed by atoms with Crippen LogP contribution in [-0.2, 0) is 16.6 Å². The molecule has 1 aliphatic carbocycles. The lowest BCUT2D eigenvalue weighted by Gasteiger charge is -2.31. The van der Waals surface area contributed by atoms with Crippen molar-refractivity contribution in [1.29, 1.82) is 0 Å². The van der Waals surface area contributed by atoms with E-state index in [1.807, 2.05) is 20.9 Å². The second-order valence-electron chi connectivity index (χ2n) is 5.30. The van der Waals surface area contributed by atoms with Crippen molar-refractivity contribution in [2.45, 2.75) is 49.9 Å². The third-order valence-electron chi connectivity index (χ3n) is 3.80. The Morgan fingerprint density at radius 1 is 1.47 bits per heavy atom. The average molecular weight is 302 g/mol. The molecule has 1 saturated carbocycles. The van der Waals surface area contributed by atoms with E-state index in [9.17, 15) is 8.42 Å². The minimum Gasteiger partial charge on any atom is -0.315 e. The van der Waals surface area contributed by atoms with E-state index in [0.717, 1.165) is 23.3 Å². The number of hydrogen-bond donors (Lipinski definition) is 2. The van der Waals surface area contributed by atoms with E-state index in [1.165, 1.54) is 17.8 Å². The van der Waals surface area contributed by atoms with Crippen LogP contribution in [0.1, 0.15) is 36.6 Å². The van der Waals surface area contributed by atoms with Gasteiger partial charge in [-0.3, -0.25) is 0 Å². The molecule has 1 heterocycles. The largest absolute Gasteiger partial charge is 0.315 e. The Bertz CT molecular complexity index is 533. The van der Waals surface area contributed by atoms with Crippen LogP contribution in [0.3, 0.4) is 0 Å². The third-order valence-corrected chi connectivity index (χ3v) is 7.07. The summed E-state index contributed by atoms with van der Waals surface area (Å²) in [5.41, 5.74) is 1.04. The number of rotatable bonds is 6. The van der Waals surface area contributed by atoms with Crippen molar-refractivity contribution < 1.29 is 8.42 Å². The maximum absolute atomic E-state index is 12.3. The molecule has 19 heavy (non-hydrogen) atoms. The van der Waals surface area contributed by atoms with Crippen molar-refractivity contribution in [2.75, 3.05) is 7.05 Å². The number of aryl methyl sites for hydroxylation is 1. The molecule has 0 bridgehead atoms. The van der Waals surface area contributed by atoms with Gasteiger partial charge in [-0.25, -0.2) is 13.1 Å². The molecule has 0 radical (unpaired) electrons. The van der Waals surface area contributed by atoms with Crippen LogP contribution in [0, 0.1) is 12.8 Å². The SMILES string of the molecule is CNCc1sc(S(=O)(=O)NC(C)C2CCC2)cc1C. The molecule has 1 unspecified atom stereocenters. The summed E-state index contributed by atoms with van der Waals surface area (Å²) in [6.45, 7) is 4.64. The summed E-state index contributed by atoms with van der Waals surface area (Å²) in [6, 6.07) is 1.81. The van der Waals surface area contributed by atoms with Gasteiger partial charge in [-0.15, -0.1) is 11.3 Å². The fourth-order valence-corrected chi connectivity index (χ4v) is 5.23. The molecule has 0 amide bonds. The minimum atomic E-state index is -3.36.